The number of carbonyl (C=O) groups is 2. The Labute approximate surface area is 239 Å². The van der Waals surface area contributed by atoms with E-state index in [4.69, 9.17) is 0 Å². The molecule has 40 heavy (non-hydrogen) atoms. The minimum Gasteiger partial charge on any atom is -0.477 e. The lowest BCUT2D eigenvalue weighted by atomic mass is 9.98. The Hall–Kier alpha value is -3.64. The number of urea groups is 1. The van der Waals surface area contributed by atoms with E-state index in [0.29, 0.717) is 11.3 Å². The Morgan fingerprint density at radius 1 is 1.20 bits per heavy atom. The highest BCUT2D eigenvalue weighted by Crippen LogP contribution is 2.40. The van der Waals surface area contributed by atoms with Crippen LogP contribution in [0, 0.1) is 5.82 Å². The Kier molecular flexibility index (Phi) is 8.41. The van der Waals surface area contributed by atoms with Crippen molar-refractivity contribution in [3.05, 3.63) is 63.3 Å². The fraction of sp³-hybridized carbons (Fsp3) is 0.208. The molecule has 3 heterocycles. The maximum atomic E-state index is 15.6. The molecule has 0 radical (unpaired) electrons. The van der Waals surface area contributed by atoms with Crippen LogP contribution < -0.4 is 16.1 Å². The number of aliphatic hydroxyl groups is 1. The number of fused-ring (bicyclic) bond motifs is 1. The van der Waals surface area contributed by atoms with Crippen molar-refractivity contribution in [2.24, 2.45) is 0 Å². The fourth-order valence-electron chi connectivity index (χ4n) is 3.81. The molecule has 4 aromatic rings. The third kappa shape index (κ3) is 5.78. The summed E-state index contributed by atoms with van der Waals surface area (Å²) in [6.07, 6.45) is -2.65. The normalized spacial score (nSPS) is 12.4. The van der Waals surface area contributed by atoms with Crippen molar-refractivity contribution >= 4 is 62.6 Å². The summed E-state index contributed by atoms with van der Waals surface area (Å²) in [6, 6.07) is 2.62. The second-order valence-electron chi connectivity index (χ2n) is 8.19. The Bertz CT molecular complexity index is 1690. The van der Waals surface area contributed by atoms with Gasteiger partial charge in [0.1, 0.15) is 26.3 Å². The minimum atomic E-state index is -4.75. The molecule has 16 heteroatoms. The molecule has 10 nitrogen and oxygen atoms in total. The summed E-state index contributed by atoms with van der Waals surface area (Å²) in [6.45, 7) is 1.49. The van der Waals surface area contributed by atoms with Crippen LogP contribution in [-0.4, -0.2) is 49.9 Å². The van der Waals surface area contributed by atoms with E-state index >= 15 is 4.39 Å². The van der Waals surface area contributed by atoms with Crippen LogP contribution in [0.15, 0.2) is 40.8 Å². The number of carboxylic acid groups (broad SMARTS) is 1. The van der Waals surface area contributed by atoms with Crippen LogP contribution in [0.4, 0.5) is 28.2 Å². The van der Waals surface area contributed by atoms with Gasteiger partial charge in [0.2, 0.25) is 5.43 Å². The van der Waals surface area contributed by atoms with Crippen molar-refractivity contribution in [2.75, 3.05) is 18.5 Å². The number of thiazole rings is 1. The molecule has 210 valence electrons. The van der Waals surface area contributed by atoms with Gasteiger partial charge in [-0.3, -0.25) is 10.1 Å². The molecule has 0 saturated carbocycles. The number of halogens is 5. The summed E-state index contributed by atoms with van der Waals surface area (Å²) in [4.78, 5) is 44.5. The van der Waals surface area contributed by atoms with Gasteiger partial charge >= 0.3 is 18.2 Å². The van der Waals surface area contributed by atoms with Crippen LogP contribution in [0.25, 0.3) is 32.6 Å². The van der Waals surface area contributed by atoms with Gasteiger partial charge in [-0.15, -0.1) is 11.3 Å². The Morgan fingerprint density at radius 3 is 2.52 bits per heavy atom. The molecule has 0 unspecified atom stereocenters. The molecule has 3 aromatic heterocycles. The molecule has 0 saturated heterocycles. The van der Waals surface area contributed by atoms with Gasteiger partial charge in [-0.25, -0.2) is 23.9 Å². The van der Waals surface area contributed by atoms with Crippen molar-refractivity contribution < 1.29 is 37.4 Å². The number of anilines is 1. The minimum absolute atomic E-state index is 0.0117. The topological polar surface area (TPSA) is 146 Å². The summed E-state index contributed by atoms with van der Waals surface area (Å²) in [7, 11) is 0. The van der Waals surface area contributed by atoms with E-state index in [1.165, 1.54) is 10.6 Å². The van der Waals surface area contributed by atoms with E-state index in [0.717, 1.165) is 29.9 Å². The molecule has 4 rings (SSSR count). The number of hydrogen-bond acceptors (Lipinski definition) is 7. The SMILES string of the molecule is CCNC(=O)Nc1cc(-c2nc(C(F)(F)F)cs2)c(-c2cc3c(=O)c(C(=O)O)cn([C@@H](I)CO)c3cc2F)cn1. The first kappa shape index (κ1) is 29.3. The number of hydrogen-bond donors (Lipinski definition) is 4. The number of pyridine rings is 2. The Balaban J connectivity index is 2.00. The standard InChI is InChI=1S/C24H18F4IN5O5S/c1-2-30-23(39)33-19-4-11(21-32-17(9-40-21)24(26,27)28)13(6-31-19)10-3-12-16(5-15(10)25)34(18(29)8-35)7-14(20(12)36)22(37)38/h3-7,9,18,35H,2,8H2,1H3,(H,37,38)(H2,30,31,33,39)/t18-/m1/s1. The van der Waals surface area contributed by atoms with E-state index in [1.807, 2.05) is 0 Å². The average Bonchev–Trinajstić information content (AvgIpc) is 3.39. The van der Waals surface area contributed by atoms with Crippen molar-refractivity contribution in [3.8, 4) is 21.7 Å². The molecule has 0 bridgehead atoms. The van der Waals surface area contributed by atoms with Crippen LogP contribution in [0.5, 0.6) is 0 Å². The second-order valence-corrected chi connectivity index (χ2v) is 10.5. The number of nitrogens with one attached hydrogen (secondary N) is 2. The van der Waals surface area contributed by atoms with Crippen LogP contribution >= 0.6 is 33.9 Å². The van der Waals surface area contributed by atoms with Crippen molar-refractivity contribution in [1.29, 1.82) is 0 Å². The van der Waals surface area contributed by atoms with Crippen molar-refractivity contribution in [1.82, 2.24) is 19.9 Å². The van der Waals surface area contributed by atoms with Crippen LogP contribution in [-0.2, 0) is 6.18 Å². The molecule has 0 aliphatic heterocycles. The first-order chi connectivity index (χ1) is 18.8. The number of amides is 2. The smallest absolute Gasteiger partial charge is 0.434 e. The van der Waals surface area contributed by atoms with E-state index in [-0.39, 0.29) is 45.0 Å². The molecule has 1 atom stereocenters. The molecule has 1 aromatic carbocycles. The zero-order valence-corrected chi connectivity index (χ0v) is 23.2. The van der Waals surface area contributed by atoms with Gasteiger partial charge in [-0.1, -0.05) is 22.6 Å². The molecule has 4 N–H and O–H groups in total. The molecule has 0 spiro atoms. The van der Waals surface area contributed by atoms with E-state index in [2.05, 4.69) is 20.6 Å². The van der Waals surface area contributed by atoms with Gasteiger partial charge in [0.15, 0.2) is 5.69 Å². The zero-order chi connectivity index (χ0) is 29.4. The maximum absolute atomic E-state index is 15.6. The molecule has 0 fully saturated rings. The number of nitrogens with zero attached hydrogens (tertiary/aromatic N) is 3. The molecule has 0 aliphatic carbocycles. The number of aliphatic hydroxyl groups excluding tert-OH is 1. The van der Waals surface area contributed by atoms with Gasteiger partial charge in [0, 0.05) is 46.4 Å². The zero-order valence-electron chi connectivity index (χ0n) is 20.2. The van der Waals surface area contributed by atoms with Gasteiger partial charge in [0.25, 0.3) is 0 Å². The van der Waals surface area contributed by atoms with Gasteiger partial charge in [-0.2, -0.15) is 13.2 Å². The van der Waals surface area contributed by atoms with Crippen molar-refractivity contribution in [3.63, 3.8) is 0 Å². The predicted molar refractivity (Wildman–Crippen MR) is 147 cm³/mol. The predicted octanol–water partition coefficient (Wildman–Crippen LogP) is 5.11. The summed E-state index contributed by atoms with van der Waals surface area (Å²) < 4.78 is 56.0. The molecular formula is C24H18F4IN5O5S. The summed E-state index contributed by atoms with van der Waals surface area (Å²) in [5.74, 6) is -2.52. The highest BCUT2D eigenvalue weighted by molar-refractivity contribution is 14.1. The number of aromatic nitrogens is 3. The number of aromatic carboxylic acids is 1. The number of rotatable bonds is 7. The largest absolute Gasteiger partial charge is 0.477 e. The van der Waals surface area contributed by atoms with Gasteiger partial charge in [0.05, 0.1) is 12.1 Å². The lowest BCUT2D eigenvalue weighted by molar-refractivity contribution is -0.140. The highest BCUT2D eigenvalue weighted by atomic mass is 127. The first-order valence-corrected chi connectivity index (χ1v) is 13.4. The van der Waals surface area contributed by atoms with Gasteiger partial charge in [-0.05, 0) is 25.1 Å². The Morgan fingerprint density at radius 2 is 1.93 bits per heavy atom. The van der Waals surface area contributed by atoms with E-state index < -0.39 is 51.3 Å². The van der Waals surface area contributed by atoms with Crippen LogP contribution in [0.1, 0.15) is 27.0 Å². The van der Waals surface area contributed by atoms with E-state index in [9.17, 15) is 37.8 Å². The van der Waals surface area contributed by atoms with Crippen molar-refractivity contribution in [2.45, 2.75) is 17.1 Å². The number of benzene rings is 1. The summed E-state index contributed by atoms with van der Waals surface area (Å²) >= 11 is 2.41. The second kappa shape index (κ2) is 11.5. The van der Waals surface area contributed by atoms with Crippen LogP contribution in [0.3, 0.4) is 0 Å². The van der Waals surface area contributed by atoms with Crippen LogP contribution in [0.2, 0.25) is 0 Å². The first-order valence-electron chi connectivity index (χ1n) is 11.3. The lowest BCUT2D eigenvalue weighted by Gasteiger charge is -2.18. The monoisotopic (exact) mass is 691 g/mol. The van der Waals surface area contributed by atoms with Gasteiger partial charge < -0.3 is 20.1 Å². The molecule has 0 aliphatic rings. The van der Waals surface area contributed by atoms with E-state index in [1.54, 1.807) is 29.5 Å². The molecule has 2 amide bonds. The maximum Gasteiger partial charge on any atom is 0.434 e. The molecular weight excluding hydrogens is 673 g/mol. The average molecular weight is 691 g/mol. The third-order valence-corrected chi connectivity index (χ3v) is 7.47. The summed E-state index contributed by atoms with van der Waals surface area (Å²) in [5.41, 5.74) is -3.13. The lowest BCUT2D eigenvalue weighted by Crippen LogP contribution is -2.28. The highest BCUT2D eigenvalue weighted by Gasteiger charge is 2.34. The number of alkyl halides is 4. The number of carboxylic acids is 1. The fourth-order valence-corrected chi connectivity index (χ4v) is 5.13. The summed E-state index contributed by atoms with van der Waals surface area (Å²) in [5, 5.41) is 24.5. The number of carbonyl (C=O) groups excluding carboxylic acids is 1. The third-order valence-electron chi connectivity index (χ3n) is 5.60. The quantitative estimate of drug-likeness (QED) is 0.120.